The summed E-state index contributed by atoms with van der Waals surface area (Å²) < 4.78 is 0. The molecule has 0 aliphatic heterocycles. The monoisotopic (exact) mass is 315 g/mol. The van der Waals surface area contributed by atoms with Crippen LogP contribution in [0.25, 0.3) is 10.6 Å². The molecule has 0 aliphatic carbocycles. The van der Waals surface area contributed by atoms with Crippen LogP contribution in [-0.2, 0) is 4.79 Å². The number of alkyl halides is 1. The molecule has 2 aromatic rings. The number of hydrogen-bond acceptors (Lipinski definition) is 4. The molecule has 0 radical (unpaired) electrons. The highest BCUT2D eigenvalue weighted by atomic mass is 35.5. The topological polar surface area (TPSA) is 54.9 Å². The molecule has 0 saturated carbocycles. The zero-order chi connectivity index (χ0) is 13.7. The van der Waals surface area contributed by atoms with Crippen LogP contribution in [0.5, 0.6) is 0 Å². The molecule has 7 heteroatoms. The maximum atomic E-state index is 11.5. The van der Waals surface area contributed by atoms with Gasteiger partial charge in [-0.25, -0.2) is 0 Å². The van der Waals surface area contributed by atoms with Gasteiger partial charge in [-0.05, 0) is 18.6 Å². The van der Waals surface area contributed by atoms with Crippen molar-refractivity contribution in [2.24, 2.45) is 0 Å². The molecule has 2 rings (SSSR count). The highest BCUT2D eigenvalue weighted by Crippen LogP contribution is 2.27. The van der Waals surface area contributed by atoms with Gasteiger partial charge < -0.3 is 5.32 Å². The number of hydrogen-bond donors (Lipinski definition) is 1. The van der Waals surface area contributed by atoms with Gasteiger partial charge in [0.25, 0.3) is 0 Å². The summed E-state index contributed by atoms with van der Waals surface area (Å²) >= 11 is 12.7. The summed E-state index contributed by atoms with van der Waals surface area (Å²) in [7, 11) is 0. The minimum atomic E-state index is -0.0977. The molecule has 1 aromatic carbocycles. The summed E-state index contributed by atoms with van der Waals surface area (Å²) in [4.78, 5) is 11.5. The number of amides is 1. The first-order valence-electron chi connectivity index (χ1n) is 5.64. The van der Waals surface area contributed by atoms with Crippen molar-refractivity contribution in [2.75, 3.05) is 11.2 Å². The van der Waals surface area contributed by atoms with E-state index >= 15 is 0 Å². The summed E-state index contributed by atoms with van der Waals surface area (Å²) in [6.45, 7) is 0. The van der Waals surface area contributed by atoms with E-state index < -0.39 is 0 Å². The lowest BCUT2D eigenvalue weighted by atomic mass is 10.2. The molecular weight excluding hydrogens is 305 g/mol. The Morgan fingerprint density at radius 3 is 2.68 bits per heavy atom. The Labute approximate surface area is 124 Å². The van der Waals surface area contributed by atoms with Crippen LogP contribution in [0.1, 0.15) is 12.8 Å². The van der Waals surface area contributed by atoms with Crippen LogP contribution in [0.15, 0.2) is 24.3 Å². The Bertz CT molecular complexity index is 556. The van der Waals surface area contributed by atoms with E-state index in [0.29, 0.717) is 28.9 Å². The van der Waals surface area contributed by atoms with Crippen molar-refractivity contribution in [3.63, 3.8) is 0 Å². The van der Waals surface area contributed by atoms with E-state index in [-0.39, 0.29) is 5.91 Å². The van der Waals surface area contributed by atoms with Gasteiger partial charge in [0.05, 0.1) is 0 Å². The first kappa shape index (κ1) is 14.2. The zero-order valence-electron chi connectivity index (χ0n) is 9.90. The number of aromatic nitrogens is 2. The lowest BCUT2D eigenvalue weighted by molar-refractivity contribution is -0.116. The van der Waals surface area contributed by atoms with E-state index in [0.717, 1.165) is 10.6 Å². The van der Waals surface area contributed by atoms with E-state index in [2.05, 4.69) is 15.5 Å². The molecular formula is C12H11Cl2N3OS. The average Bonchev–Trinajstić information content (AvgIpc) is 2.85. The summed E-state index contributed by atoms with van der Waals surface area (Å²) in [5, 5.41) is 12.6. The van der Waals surface area contributed by atoms with Crippen molar-refractivity contribution in [3.8, 4) is 10.6 Å². The Hall–Kier alpha value is -1.17. The van der Waals surface area contributed by atoms with Crippen LogP contribution in [0.4, 0.5) is 5.13 Å². The number of nitrogens with one attached hydrogen (secondary N) is 1. The fourth-order valence-electron chi connectivity index (χ4n) is 1.39. The third kappa shape index (κ3) is 4.16. The van der Waals surface area contributed by atoms with Crippen LogP contribution in [0.2, 0.25) is 5.02 Å². The molecule has 1 N–H and O–H groups in total. The van der Waals surface area contributed by atoms with Crippen molar-refractivity contribution >= 4 is 45.6 Å². The lowest BCUT2D eigenvalue weighted by Gasteiger charge is -1.98. The molecule has 100 valence electrons. The van der Waals surface area contributed by atoms with Gasteiger partial charge in [-0.2, -0.15) is 0 Å². The predicted molar refractivity (Wildman–Crippen MR) is 78.9 cm³/mol. The molecule has 0 fully saturated rings. The molecule has 0 saturated heterocycles. The van der Waals surface area contributed by atoms with Crippen LogP contribution in [0.3, 0.4) is 0 Å². The molecule has 1 amide bonds. The number of anilines is 1. The van der Waals surface area contributed by atoms with Gasteiger partial charge in [-0.15, -0.1) is 21.8 Å². The van der Waals surface area contributed by atoms with Gasteiger partial charge in [0, 0.05) is 22.9 Å². The van der Waals surface area contributed by atoms with Gasteiger partial charge in [-0.1, -0.05) is 35.1 Å². The maximum absolute atomic E-state index is 11.5. The third-order valence-corrected chi connectivity index (χ3v) is 3.71. The van der Waals surface area contributed by atoms with Gasteiger partial charge in [0.1, 0.15) is 5.01 Å². The zero-order valence-corrected chi connectivity index (χ0v) is 12.2. The smallest absolute Gasteiger partial charge is 0.226 e. The fraction of sp³-hybridized carbons (Fsp3) is 0.250. The summed E-state index contributed by atoms with van der Waals surface area (Å²) in [6, 6.07) is 7.30. The quantitative estimate of drug-likeness (QED) is 0.853. The van der Waals surface area contributed by atoms with E-state index in [9.17, 15) is 4.79 Å². The molecule has 4 nitrogen and oxygen atoms in total. The second-order valence-electron chi connectivity index (χ2n) is 3.76. The minimum Gasteiger partial charge on any atom is -0.301 e. The van der Waals surface area contributed by atoms with Crippen molar-refractivity contribution in [1.82, 2.24) is 10.2 Å². The number of carbonyl (C=O) groups excluding carboxylic acids is 1. The Balaban J connectivity index is 2.02. The molecule has 0 bridgehead atoms. The second-order valence-corrected chi connectivity index (χ2v) is 5.55. The van der Waals surface area contributed by atoms with Gasteiger partial charge >= 0.3 is 0 Å². The fourth-order valence-corrected chi connectivity index (χ4v) is 2.42. The largest absolute Gasteiger partial charge is 0.301 e. The molecule has 1 aromatic heterocycles. The van der Waals surface area contributed by atoms with Crippen molar-refractivity contribution in [3.05, 3.63) is 29.3 Å². The Morgan fingerprint density at radius 2 is 2.00 bits per heavy atom. The summed E-state index contributed by atoms with van der Waals surface area (Å²) in [6.07, 6.45) is 1.04. The lowest BCUT2D eigenvalue weighted by Crippen LogP contribution is -2.10. The van der Waals surface area contributed by atoms with Crippen LogP contribution < -0.4 is 5.32 Å². The molecule has 1 heterocycles. The molecule has 0 spiro atoms. The van der Waals surface area contributed by atoms with Crippen molar-refractivity contribution in [1.29, 1.82) is 0 Å². The molecule has 0 atom stereocenters. The number of rotatable bonds is 5. The van der Waals surface area contributed by atoms with Crippen molar-refractivity contribution < 1.29 is 4.79 Å². The third-order valence-electron chi connectivity index (χ3n) is 2.30. The Morgan fingerprint density at radius 1 is 1.26 bits per heavy atom. The van der Waals surface area contributed by atoms with E-state index in [1.54, 1.807) is 12.1 Å². The Kier molecular flexibility index (Phi) is 5.13. The number of benzene rings is 1. The van der Waals surface area contributed by atoms with E-state index in [1.165, 1.54) is 11.3 Å². The van der Waals surface area contributed by atoms with E-state index in [4.69, 9.17) is 23.2 Å². The van der Waals surface area contributed by atoms with Gasteiger partial charge in [-0.3, -0.25) is 4.79 Å². The first-order chi connectivity index (χ1) is 9.19. The minimum absolute atomic E-state index is 0.0977. The highest BCUT2D eigenvalue weighted by Gasteiger charge is 2.09. The van der Waals surface area contributed by atoms with E-state index in [1.807, 2.05) is 12.1 Å². The number of halogens is 2. The first-order valence-corrected chi connectivity index (χ1v) is 7.37. The van der Waals surface area contributed by atoms with Crippen LogP contribution >= 0.6 is 34.5 Å². The second kappa shape index (κ2) is 6.84. The average molecular weight is 316 g/mol. The van der Waals surface area contributed by atoms with Gasteiger partial charge in [0.15, 0.2) is 0 Å². The van der Waals surface area contributed by atoms with Gasteiger partial charge in [0.2, 0.25) is 11.0 Å². The molecule has 19 heavy (non-hydrogen) atoms. The number of nitrogens with zero attached hydrogens (tertiary/aromatic N) is 2. The van der Waals surface area contributed by atoms with Crippen LogP contribution in [0, 0.1) is 0 Å². The maximum Gasteiger partial charge on any atom is 0.226 e. The molecule has 0 unspecified atom stereocenters. The highest BCUT2D eigenvalue weighted by molar-refractivity contribution is 7.18. The molecule has 0 aliphatic rings. The SMILES string of the molecule is O=C(CCCCl)Nc1nnc(-c2ccc(Cl)cc2)s1. The predicted octanol–water partition coefficient (Wildman–Crippen LogP) is 3.82. The van der Waals surface area contributed by atoms with Crippen LogP contribution in [-0.4, -0.2) is 22.0 Å². The number of carbonyl (C=O) groups is 1. The summed E-state index contributed by atoms with van der Waals surface area (Å²) in [5.41, 5.74) is 0.920. The normalized spacial score (nSPS) is 10.4. The standard InChI is InChI=1S/C12H11Cl2N3OS/c13-7-1-2-10(18)15-12-17-16-11(19-12)8-3-5-9(14)6-4-8/h3-6H,1-2,7H2,(H,15,17,18). The summed E-state index contributed by atoms with van der Waals surface area (Å²) in [5.74, 6) is 0.374. The van der Waals surface area contributed by atoms with Crippen molar-refractivity contribution in [2.45, 2.75) is 12.8 Å².